The number of carbonyl (C=O) groups is 1. The van der Waals surface area contributed by atoms with Crippen molar-refractivity contribution < 1.29 is 14.1 Å². The van der Waals surface area contributed by atoms with Gasteiger partial charge in [-0.05, 0) is 48.0 Å². The van der Waals surface area contributed by atoms with Gasteiger partial charge in [0.15, 0.2) is 11.5 Å². The summed E-state index contributed by atoms with van der Waals surface area (Å²) in [6, 6.07) is 17.5. The van der Waals surface area contributed by atoms with Gasteiger partial charge in [0.2, 0.25) is 0 Å². The normalized spacial score (nSPS) is 10.9. The summed E-state index contributed by atoms with van der Waals surface area (Å²) in [4.78, 5) is 23.8. The SMILES string of the molecule is Cc1ccc(C(=O)c2c(-c3ccc([N+](=O)[O-])o3)nn(-c3ccc(C)cc3)c2Br)cc1. The lowest BCUT2D eigenvalue weighted by molar-refractivity contribution is -0.401. The van der Waals surface area contributed by atoms with Crippen LogP contribution in [0.1, 0.15) is 27.0 Å². The first-order valence-corrected chi connectivity index (χ1v) is 9.86. The molecule has 0 aliphatic rings. The molecule has 4 aromatic rings. The largest absolute Gasteiger partial charge is 0.433 e. The van der Waals surface area contributed by atoms with Crippen molar-refractivity contribution in [2.75, 3.05) is 0 Å². The van der Waals surface area contributed by atoms with Crippen molar-refractivity contribution in [2.24, 2.45) is 0 Å². The molecule has 8 heteroatoms. The number of nitrogens with zero attached hydrogens (tertiary/aromatic N) is 3. The highest BCUT2D eigenvalue weighted by atomic mass is 79.9. The molecule has 0 atom stereocenters. The van der Waals surface area contributed by atoms with Gasteiger partial charge in [-0.2, -0.15) is 5.10 Å². The zero-order chi connectivity index (χ0) is 21.4. The van der Waals surface area contributed by atoms with E-state index in [2.05, 4.69) is 21.0 Å². The van der Waals surface area contributed by atoms with E-state index in [1.54, 1.807) is 16.8 Å². The minimum absolute atomic E-state index is 0.142. The molecule has 2 heterocycles. The maximum absolute atomic E-state index is 13.4. The third-order valence-corrected chi connectivity index (χ3v) is 5.39. The van der Waals surface area contributed by atoms with Gasteiger partial charge < -0.3 is 4.42 Å². The Kier molecular flexibility index (Phi) is 5.09. The molecule has 0 N–H and O–H groups in total. The number of hydrogen-bond donors (Lipinski definition) is 0. The van der Waals surface area contributed by atoms with E-state index in [0.717, 1.165) is 16.8 Å². The van der Waals surface area contributed by atoms with Crippen LogP contribution in [0.15, 0.2) is 69.7 Å². The maximum atomic E-state index is 13.4. The van der Waals surface area contributed by atoms with Crippen molar-refractivity contribution in [1.29, 1.82) is 0 Å². The molecule has 0 saturated carbocycles. The highest BCUT2D eigenvalue weighted by Crippen LogP contribution is 2.35. The summed E-state index contributed by atoms with van der Waals surface area (Å²) in [7, 11) is 0. The molecule has 0 aliphatic heterocycles. The van der Waals surface area contributed by atoms with Gasteiger partial charge in [-0.15, -0.1) is 0 Å². The molecule has 0 spiro atoms. The predicted octanol–water partition coefficient (Wildman–Crippen LogP) is 5.65. The zero-order valence-electron chi connectivity index (χ0n) is 16.1. The molecule has 4 rings (SSSR count). The van der Waals surface area contributed by atoms with Crippen LogP contribution in [0.4, 0.5) is 5.88 Å². The summed E-state index contributed by atoms with van der Waals surface area (Å²) in [5.74, 6) is -0.544. The minimum Gasteiger partial charge on any atom is -0.399 e. The predicted molar refractivity (Wildman–Crippen MR) is 115 cm³/mol. The standard InChI is InChI=1S/C22H16BrN3O4/c1-13-3-7-15(8-4-13)21(27)19-20(17-11-12-18(30-17)26(28)29)24-25(22(19)23)16-9-5-14(2)6-10-16/h3-12H,1-2H3. The Morgan fingerprint density at radius 1 is 1.00 bits per heavy atom. The van der Waals surface area contributed by atoms with E-state index in [1.807, 2.05) is 50.2 Å². The number of hydrogen-bond acceptors (Lipinski definition) is 5. The number of aromatic nitrogens is 2. The molecule has 0 aliphatic carbocycles. The average Bonchev–Trinajstić information content (AvgIpc) is 3.34. The van der Waals surface area contributed by atoms with Crippen LogP contribution in [0.25, 0.3) is 17.1 Å². The lowest BCUT2D eigenvalue weighted by Gasteiger charge is -2.05. The molecule has 0 unspecified atom stereocenters. The van der Waals surface area contributed by atoms with E-state index in [1.165, 1.54) is 12.1 Å². The number of rotatable bonds is 5. The second-order valence-electron chi connectivity index (χ2n) is 6.85. The molecule has 0 fully saturated rings. The van der Waals surface area contributed by atoms with E-state index in [9.17, 15) is 14.9 Å². The summed E-state index contributed by atoms with van der Waals surface area (Å²) in [5, 5.41) is 15.6. The fraction of sp³-hybridized carbons (Fsp3) is 0.0909. The quantitative estimate of drug-likeness (QED) is 0.215. The highest BCUT2D eigenvalue weighted by molar-refractivity contribution is 9.10. The van der Waals surface area contributed by atoms with E-state index >= 15 is 0 Å². The third-order valence-electron chi connectivity index (χ3n) is 4.65. The van der Waals surface area contributed by atoms with E-state index in [4.69, 9.17) is 4.42 Å². The zero-order valence-corrected chi connectivity index (χ0v) is 17.7. The first kappa shape index (κ1) is 19.8. The van der Waals surface area contributed by atoms with E-state index in [-0.39, 0.29) is 22.8 Å². The van der Waals surface area contributed by atoms with Crippen molar-refractivity contribution in [3.05, 3.63) is 97.6 Å². The smallest absolute Gasteiger partial charge is 0.399 e. The lowest BCUT2D eigenvalue weighted by atomic mass is 10.0. The Labute approximate surface area is 180 Å². The molecule has 30 heavy (non-hydrogen) atoms. The molecule has 150 valence electrons. The Morgan fingerprint density at radius 3 is 2.17 bits per heavy atom. The number of nitro groups is 1. The van der Waals surface area contributed by atoms with Gasteiger partial charge in [-0.1, -0.05) is 47.5 Å². The van der Waals surface area contributed by atoms with Crippen LogP contribution < -0.4 is 0 Å². The molecule has 2 aromatic carbocycles. The fourth-order valence-corrected chi connectivity index (χ4v) is 3.68. The van der Waals surface area contributed by atoms with Crippen molar-refractivity contribution in [3.8, 4) is 17.1 Å². The number of furan rings is 1. The van der Waals surface area contributed by atoms with Crippen LogP contribution in [-0.2, 0) is 0 Å². The topological polar surface area (TPSA) is 91.2 Å². The summed E-state index contributed by atoms with van der Waals surface area (Å²) in [6.07, 6.45) is 0. The minimum atomic E-state index is -0.628. The van der Waals surface area contributed by atoms with Crippen LogP contribution in [0.2, 0.25) is 0 Å². The Hall–Kier alpha value is -3.52. The average molecular weight is 466 g/mol. The number of halogens is 1. The van der Waals surface area contributed by atoms with Crippen molar-refractivity contribution in [1.82, 2.24) is 9.78 Å². The molecule has 0 saturated heterocycles. The molecule has 0 bridgehead atoms. The second-order valence-corrected chi connectivity index (χ2v) is 7.60. The van der Waals surface area contributed by atoms with Gasteiger partial charge >= 0.3 is 5.88 Å². The van der Waals surface area contributed by atoms with Crippen LogP contribution in [0, 0.1) is 24.0 Å². The first-order chi connectivity index (χ1) is 14.3. The lowest BCUT2D eigenvalue weighted by Crippen LogP contribution is -2.03. The number of benzene rings is 2. The molecule has 0 radical (unpaired) electrons. The molecular formula is C22H16BrN3O4. The monoisotopic (exact) mass is 465 g/mol. The van der Waals surface area contributed by atoms with Gasteiger partial charge in [-0.25, -0.2) is 4.68 Å². The fourth-order valence-electron chi connectivity index (χ4n) is 3.03. The summed E-state index contributed by atoms with van der Waals surface area (Å²) in [6.45, 7) is 3.91. The van der Waals surface area contributed by atoms with Gasteiger partial charge in [-0.3, -0.25) is 14.9 Å². The maximum Gasteiger partial charge on any atom is 0.433 e. The van der Waals surface area contributed by atoms with Crippen molar-refractivity contribution >= 4 is 27.6 Å². The third kappa shape index (κ3) is 3.57. The molecule has 7 nitrogen and oxygen atoms in total. The van der Waals surface area contributed by atoms with Gasteiger partial charge in [0.05, 0.1) is 17.3 Å². The molecule has 0 amide bonds. The van der Waals surface area contributed by atoms with Gasteiger partial charge in [0.25, 0.3) is 0 Å². The molecular weight excluding hydrogens is 450 g/mol. The van der Waals surface area contributed by atoms with Gasteiger partial charge in [0.1, 0.15) is 15.2 Å². The Morgan fingerprint density at radius 2 is 1.60 bits per heavy atom. The second kappa shape index (κ2) is 7.72. The molecule has 2 aromatic heterocycles. The van der Waals surface area contributed by atoms with Crippen LogP contribution in [0.5, 0.6) is 0 Å². The van der Waals surface area contributed by atoms with Crippen LogP contribution >= 0.6 is 15.9 Å². The summed E-state index contributed by atoms with van der Waals surface area (Å²) < 4.78 is 7.36. The number of aryl methyl sites for hydroxylation is 2. The Bertz CT molecular complexity index is 1250. The van der Waals surface area contributed by atoms with Crippen molar-refractivity contribution in [2.45, 2.75) is 13.8 Å². The summed E-state index contributed by atoms with van der Waals surface area (Å²) >= 11 is 3.51. The Balaban J connectivity index is 1.91. The highest BCUT2D eigenvalue weighted by Gasteiger charge is 2.28. The van der Waals surface area contributed by atoms with Crippen molar-refractivity contribution in [3.63, 3.8) is 0 Å². The number of carbonyl (C=O) groups excluding carboxylic acids is 1. The van der Waals surface area contributed by atoms with Crippen LogP contribution in [0.3, 0.4) is 0 Å². The number of ketones is 1. The summed E-state index contributed by atoms with van der Waals surface area (Å²) in [5.41, 5.74) is 3.82. The van der Waals surface area contributed by atoms with E-state index < -0.39 is 10.8 Å². The van der Waals surface area contributed by atoms with E-state index in [0.29, 0.717) is 10.2 Å². The first-order valence-electron chi connectivity index (χ1n) is 9.06. The van der Waals surface area contributed by atoms with Gasteiger partial charge in [0, 0.05) is 5.56 Å². The van der Waals surface area contributed by atoms with Crippen LogP contribution in [-0.4, -0.2) is 20.5 Å².